The van der Waals surface area contributed by atoms with Crippen molar-refractivity contribution in [3.8, 4) is 0 Å². The smallest absolute Gasteiger partial charge is 0.174 e. The number of nitrogens with one attached hydrogen (secondary N) is 1. The van der Waals surface area contributed by atoms with Crippen LogP contribution in [-0.2, 0) is 6.54 Å². The lowest BCUT2D eigenvalue weighted by molar-refractivity contribution is -0.697. The number of unbranched alkanes of at least 4 members (excludes halogenated alkanes) is 7. The minimum atomic E-state index is 0. The van der Waals surface area contributed by atoms with Crippen molar-refractivity contribution in [2.24, 2.45) is 0 Å². The van der Waals surface area contributed by atoms with E-state index in [4.69, 9.17) is 0 Å². The molecule has 2 aromatic rings. The van der Waals surface area contributed by atoms with Crippen molar-refractivity contribution in [1.82, 2.24) is 0 Å². The Morgan fingerprint density at radius 1 is 0.964 bits per heavy atom. The highest BCUT2D eigenvalue weighted by Crippen LogP contribution is 2.31. The van der Waals surface area contributed by atoms with E-state index in [2.05, 4.69) is 41.3 Å². The lowest BCUT2D eigenvalue weighted by Crippen LogP contribution is -3.00. The first-order chi connectivity index (χ1) is 13.3. The number of aromatic nitrogens is 1. The van der Waals surface area contributed by atoms with Gasteiger partial charge in [-0.1, -0.05) is 57.6 Å². The van der Waals surface area contributed by atoms with Crippen LogP contribution in [0.2, 0.25) is 0 Å². The summed E-state index contributed by atoms with van der Waals surface area (Å²) < 4.78 is 2.28. The summed E-state index contributed by atoms with van der Waals surface area (Å²) in [5.41, 5.74) is 2.97. The van der Waals surface area contributed by atoms with Gasteiger partial charge in [-0.05, 0) is 24.6 Å². The summed E-state index contributed by atoms with van der Waals surface area (Å²) >= 11 is 0. The molecule has 1 aromatic carbocycles. The number of para-hydroxylation sites is 1. The van der Waals surface area contributed by atoms with Crippen LogP contribution in [0.25, 0.3) is 0 Å². The number of nitrogens with zero attached hydrogens (tertiary/aromatic N) is 1. The highest BCUT2D eigenvalue weighted by atomic mass is 79.9. The molecule has 0 fully saturated rings. The number of ketones is 1. The first-order valence-corrected chi connectivity index (χ1v) is 10.7. The number of hydrogen-bond donors (Lipinski definition) is 1. The normalized spacial score (nSPS) is 15.5. The number of carbonyl (C=O) groups excluding carboxylic acids is 1. The molecule has 1 aliphatic heterocycles. The molecule has 1 unspecified atom stereocenters. The Hall–Kier alpha value is -1.68. The van der Waals surface area contributed by atoms with Gasteiger partial charge in [-0.3, -0.25) is 4.79 Å². The van der Waals surface area contributed by atoms with Crippen molar-refractivity contribution in [2.75, 3.05) is 5.32 Å². The quantitative estimate of drug-likeness (QED) is 0.451. The summed E-state index contributed by atoms with van der Waals surface area (Å²) in [7, 11) is 0. The molecule has 0 radical (unpaired) electrons. The van der Waals surface area contributed by atoms with Crippen LogP contribution in [0.3, 0.4) is 0 Å². The molecule has 1 atom stereocenters. The largest absolute Gasteiger partial charge is 1.00 e. The highest BCUT2D eigenvalue weighted by molar-refractivity contribution is 6.03. The standard InChI is InChI=1S/C24H32N2O.BrH/c1-2-3-4-5-6-7-8-11-16-26-17-12-13-20(19-26)23-18-24(27)21-14-9-10-15-22(21)25-23;/h9-10,12-15,17,19,23H,2-8,11,16,18H2,1H3;1H. The molecular weight excluding hydrogens is 412 g/mol. The Balaban J connectivity index is 0.00000280. The Morgan fingerprint density at radius 2 is 1.68 bits per heavy atom. The number of Topliss-reactive ketones (excluding diaryl/α,β-unsaturated/α-hetero) is 1. The minimum absolute atomic E-state index is 0. The van der Waals surface area contributed by atoms with E-state index in [1.807, 2.05) is 24.3 Å². The molecule has 0 saturated heterocycles. The van der Waals surface area contributed by atoms with Crippen LogP contribution in [0, 0.1) is 0 Å². The molecule has 0 amide bonds. The zero-order valence-electron chi connectivity index (χ0n) is 17.0. The molecule has 0 aliphatic carbocycles. The third-order valence-corrected chi connectivity index (χ3v) is 5.50. The fraction of sp³-hybridized carbons (Fsp3) is 0.500. The Kier molecular flexibility index (Phi) is 9.69. The third-order valence-electron chi connectivity index (χ3n) is 5.50. The highest BCUT2D eigenvalue weighted by Gasteiger charge is 2.26. The SMILES string of the molecule is CCCCCCCCCC[n+]1cccc(C2CC(=O)c3ccccc3N2)c1.[Br-]. The number of hydrogen-bond acceptors (Lipinski definition) is 2. The van der Waals surface area contributed by atoms with Crippen molar-refractivity contribution >= 4 is 11.5 Å². The van der Waals surface area contributed by atoms with Gasteiger partial charge in [-0.15, -0.1) is 0 Å². The lowest BCUT2D eigenvalue weighted by atomic mass is 9.93. The van der Waals surface area contributed by atoms with Gasteiger partial charge in [0.1, 0.15) is 6.54 Å². The van der Waals surface area contributed by atoms with Gasteiger partial charge in [0.15, 0.2) is 18.2 Å². The third kappa shape index (κ3) is 6.44. The summed E-state index contributed by atoms with van der Waals surface area (Å²) in [6.07, 6.45) is 15.6. The number of rotatable bonds is 10. The first kappa shape index (κ1) is 22.6. The summed E-state index contributed by atoms with van der Waals surface area (Å²) in [5.74, 6) is 0.229. The molecule has 2 heterocycles. The lowest BCUT2D eigenvalue weighted by Gasteiger charge is -2.25. The average Bonchev–Trinajstić information content (AvgIpc) is 2.70. The van der Waals surface area contributed by atoms with Crippen LogP contribution >= 0.6 is 0 Å². The molecule has 3 nitrogen and oxygen atoms in total. The van der Waals surface area contributed by atoms with Crippen LogP contribution in [0.15, 0.2) is 48.8 Å². The second-order valence-electron chi connectivity index (χ2n) is 7.72. The average molecular weight is 445 g/mol. The number of anilines is 1. The molecule has 1 N–H and O–H groups in total. The van der Waals surface area contributed by atoms with Crippen LogP contribution < -0.4 is 26.9 Å². The molecule has 1 aromatic heterocycles. The number of fused-ring (bicyclic) bond motifs is 1. The molecule has 0 bridgehead atoms. The molecule has 152 valence electrons. The summed E-state index contributed by atoms with van der Waals surface area (Å²) in [5, 5.41) is 3.54. The van der Waals surface area contributed by atoms with Crippen molar-refractivity contribution in [1.29, 1.82) is 0 Å². The first-order valence-electron chi connectivity index (χ1n) is 10.7. The molecule has 0 spiro atoms. The number of aryl methyl sites for hydroxylation is 1. The van der Waals surface area contributed by atoms with Crippen LogP contribution in [0.4, 0.5) is 5.69 Å². The monoisotopic (exact) mass is 444 g/mol. The van der Waals surface area contributed by atoms with Crippen molar-refractivity contribution < 1.29 is 26.3 Å². The van der Waals surface area contributed by atoms with Gasteiger partial charge in [0, 0.05) is 35.7 Å². The molecular formula is C24H33BrN2O. The number of benzene rings is 1. The summed E-state index contributed by atoms with van der Waals surface area (Å²) in [6.45, 7) is 3.32. The van der Waals surface area contributed by atoms with Gasteiger partial charge in [0.2, 0.25) is 0 Å². The van der Waals surface area contributed by atoms with Gasteiger partial charge < -0.3 is 22.3 Å². The van der Waals surface area contributed by atoms with Crippen LogP contribution in [-0.4, -0.2) is 5.78 Å². The van der Waals surface area contributed by atoms with E-state index < -0.39 is 0 Å². The Bertz CT molecular complexity index is 747. The predicted molar refractivity (Wildman–Crippen MR) is 111 cm³/mol. The number of carbonyl (C=O) groups is 1. The van der Waals surface area contributed by atoms with Gasteiger partial charge in [-0.25, -0.2) is 4.57 Å². The van der Waals surface area contributed by atoms with E-state index in [9.17, 15) is 4.79 Å². The topological polar surface area (TPSA) is 33.0 Å². The number of pyridine rings is 1. The minimum Gasteiger partial charge on any atom is -1.00 e. The van der Waals surface area contributed by atoms with E-state index in [0.717, 1.165) is 17.8 Å². The maximum absolute atomic E-state index is 12.4. The fourth-order valence-electron chi connectivity index (χ4n) is 3.90. The molecule has 28 heavy (non-hydrogen) atoms. The van der Waals surface area contributed by atoms with Gasteiger partial charge in [0.05, 0.1) is 6.04 Å². The van der Waals surface area contributed by atoms with Crippen molar-refractivity contribution in [3.63, 3.8) is 0 Å². The van der Waals surface area contributed by atoms with Crippen molar-refractivity contribution in [3.05, 3.63) is 59.9 Å². The summed E-state index contributed by atoms with van der Waals surface area (Å²) in [6, 6.07) is 12.1. The molecule has 3 rings (SSSR count). The maximum atomic E-state index is 12.4. The second kappa shape index (κ2) is 12.0. The van der Waals surface area contributed by atoms with Gasteiger partial charge in [-0.2, -0.15) is 0 Å². The fourth-order valence-corrected chi connectivity index (χ4v) is 3.90. The summed E-state index contributed by atoms with van der Waals surface area (Å²) in [4.78, 5) is 12.4. The van der Waals surface area contributed by atoms with Crippen LogP contribution in [0.5, 0.6) is 0 Å². The Labute approximate surface area is 180 Å². The zero-order valence-corrected chi connectivity index (χ0v) is 18.6. The second-order valence-corrected chi connectivity index (χ2v) is 7.72. The van der Waals surface area contributed by atoms with Crippen molar-refractivity contribution in [2.45, 2.75) is 77.3 Å². The maximum Gasteiger partial charge on any atom is 0.174 e. The Morgan fingerprint density at radius 3 is 2.46 bits per heavy atom. The van der Waals surface area contributed by atoms with Crippen LogP contribution in [0.1, 0.15) is 86.7 Å². The molecule has 4 heteroatoms. The van der Waals surface area contributed by atoms with Gasteiger partial charge >= 0.3 is 0 Å². The number of halogens is 1. The zero-order chi connectivity index (χ0) is 18.9. The molecule has 0 saturated carbocycles. The van der Waals surface area contributed by atoms with E-state index in [-0.39, 0.29) is 28.8 Å². The van der Waals surface area contributed by atoms with E-state index in [1.165, 1.54) is 56.9 Å². The predicted octanol–water partition coefficient (Wildman–Crippen LogP) is 2.86. The van der Waals surface area contributed by atoms with Gasteiger partial charge in [0.25, 0.3) is 0 Å². The van der Waals surface area contributed by atoms with E-state index in [0.29, 0.717) is 6.42 Å². The molecule has 1 aliphatic rings. The van der Waals surface area contributed by atoms with E-state index in [1.54, 1.807) is 0 Å². The van der Waals surface area contributed by atoms with E-state index >= 15 is 0 Å².